The Morgan fingerprint density at radius 3 is 2.88 bits per heavy atom. The summed E-state index contributed by atoms with van der Waals surface area (Å²) in [4.78, 5) is 35.3. The molecule has 2 fully saturated rings. The van der Waals surface area contributed by atoms with Crippen molar-refractivity contribution >= 4 is 11.8 Å². The van der Waals surface area contributed by atoms with Gasteiger partial charge in [-0.15, -0.1) is 0 Å². The van der Waals surface area contributed by atoms with E-state index in [9.17, 15) is 9.59 Å². The van der Waals surface area contributed by atoms with Gasteiger partial charge in [-0.05, 0) is 50.5 Å². The van der Waals surface area contributed by atoms with Crippen LogP contribution in [0.15, 0.2) is 59.8 Å². The van der Waals surface area contributed by atoms with Crippen LogP contribution in [0.25, 0.3) is 0 Å². The Kier molecular flexibility index (Phi) is 5.52. The summed E-state index contributed by atoms with van der Waals surface area (Å²) < 4.78 is 7.14. The summed E-state index contributed by atoms with van der Waals surface area (Å²) in [6.45, 7) is 6.29. The predicted molar refractivity (Wildman–Crippen MR) is 121 cm³/mol. The van der Waals surface area contributed by atoms with E-state index in [0.29, 0.717) is 31.7 Å². The molecule has 5 rings (SSSR count). The number of amides is 2. The zero-order valence-corrected chi connectivity index (χ0v) is 19.1. The molecule has 0 saturated carbocycles. The Balaban J connectivity index is 1.52. The third-order valence-electron chi connectivity index (χ3n) is 7.01. The summed E-state index contributed by atoms with van der Waals surface area (Å²) in [6, 6.07) is 7.74. The Hall–Kier alpha value is -3.42. The van der Waals surface area contributed by atoms with E-state index in [0.717, 1.165) is 24.1 Å². The summed E-state index contributed by atoms with van der Waals surface area (Å²) >= 11 is 0. The van der Waals surface area contributed by atoms with Crippen molar-refractivity contribution in [2.75, 3.05) is 19.6 Å². The van der Waals surface area contributed by atoms with E-state index in [1.54, 1.807) is 18.5 Å². The Bertz CT molecular complexity index is 1120. The maximum absolute atomic E-state index is 14.1. The lowest BCUT2D eigenvalue weighted by Gasteiger charge is -2.42. The van der Waals surface area contributed by atoms with E-state index in [1.165, 1.54) is 12.5 Å². The summed E-state index contributed by atoms with van der Waals surface area (Å²) in [5.74, 6) is -0.109. The van der Waals surface area contributed by atoms with E-state index in [2.05, 4.69) is 23.9 Å². The van der Waals surface area contributed by atoms with E-state index in [1.807, 2.05) is 38.9 Å². The van der Waals surface area contributed by atoms with Gasteiger partial charge in [-0.25, -0.2) is 0 Å². The number of nitrogens with zero attached hydrogens (tertiary/aromatic N) is 5. The Morgan fingerprint density at radius 1 is 1.27 bits per heavy atom. The van der Waals surface area contributed by atoms with Gasteiger partial charge in [0, 0.05) is 62.4 Å². The number of carbonyl (C=O) groups is 2. The molecular formula is C25H29N5O3. The maximum atomic E-state index is 14.1. The molecule has 2 atom stereocenters. The minimum Gasteiger partial charge on any atom is -0.472 e. The fourth-order valence-electron chi connectivity index (χ4n) is 5.48. The third kappa shape index (κ3) is 3.73. The molecule has 3 aromatic rings. The van der Waals surface area contributed by atoms with Crippen LogP contribution in [0.3, 0.4) is 0 Å². The second kappa shape index (κ2) is 8.50. The monoisotopic (exact) mass is 447 g/mol. The summed E-state index contributed by atoms with van der Waals surface area (Å²) in [5, 5.41) is 4.53. The van der Waals surface area contributed by atoms with Crippen LogP contribution in [-0.2, 0) is 11.3 Å². The molecule has 3 aromatic heterocycles. The molecule has 0 aromatic carbocycles. The first-order valence-corrected chi connectivity index (χ1v) is 11.5. The zero-order valence-electron chi connectivity index (χ0n) is 19.1. The van der Waals surface area contributed by atoms with Gasteiger partial charge >= 0.3 is 0 Å². The highest BCUT2D eigenvalue weighted by Gasteiger charge is 2.57. The zero-order chi connectivity index (χ0) is 23.0. The third-order valence-corrected chi connectivity index (χ3v) is 7.01. The van der Waals surface area contributed by atoms with Gasteiger partial charge in [0.25, 0.3) is 5.91 Å². The molecule has 2 aliphatic rings. The summed E-state index contributed by atoms with van der Waals surface area (Å²) in [7, 11) is 0. The molecule has 0 unspecified atom stereocenters. The van der Waals surface area contributed by atoms with Crippen LogP contribution in [0.5, 0.6) is 0 Å². The van der Waals surface area contributed by atoms with Crippen molar-refractivity contribution in [3.8, 4) is 0 Å². The second-order valence-corrected chi connectivity index (χ2v) is 9.39. The fraction of sp³-hybridized carbons (Fsp3) is 0.440. The van der Waals surface area contributed by atoms with Crippen molar-refractivity contribution < 1.29 is 14.0 Å². The molecule has 8 heteroatoms. The molecule has 33 heavy (non-hydrogen) atoms. The van der Waals surface area contributed by atoms with E-state index < -0.39 is 5.41 Å². The largest absolute Gasteiger partial charge is 0.472 e. The van der Waals surface area contributed by atoms with Gasteiger partial charge < -0.3 is 14.2 Å². The molecule has 0 bridgehead atoms. The number of aromatic nitrogens is 3. The number of pyridine rings is 1. The lowest BCUT2D eigenvalue weighted by atomic mass is 9.70. The second-order valence-electron chi connectivity index (χ2n) is 9.39. The molecule has 1 spiro atoms. The molecule has 0 N–H and O–H groups in total. The predicted octanol–water partition coefficient (Wildman–Crippen LogP) is 3.50. The van der Waals surface area contributed by atoms with Gasteiger partial charge in [-0.3, -0.25) is 19.3 Å². The molecule has 0 aliphatic carbocycles. The molecule has 2 amide bonds. The van der Waals surface area contributed by atoms with Gasteiger partial charge in [0.2, 0.25) is 5.91 Å². The number of hydrogen-bond donors (Lipinski definition) is 0. The number of likely N-dealkylation sites (tertiary alicyclic amines) is 2. The van der Waals surface area contributed by atoms with Crippen LogP contribution in [0, 0.1) is 5.41 Å². The number of piperidine rings is 1. The average molecular weight is 448 g/mol. The van der Waals surface area contributed by atoms with Crippen LogP contribution < -0.4 is 0 Å². The average Bonchev–Trinajstić information content (AvgIpc) is 3.57. The smallest absolute Gasteiger partial charge is 0.257 e. The highest BCUT2D eigenvalue weighted by Crippen LogP contribution is 2.50. The van der Waals surface area contributed by atoms with Crippen LogP contribution in [0.2, 0.25) is 0 Å². The standard InChI is InChI=1S/C25H29N5O3/c1-18(2)30-22(6-10-27-30)21-15-29(23(31)20-7-12-33-16-20)17-25(21)8-4-11-28(24(25)32)14-19-5-3-9-26-13-19/h3,5-7,9-10,12-13,16,18,21H,4,8,11,14-15,17H2,1-2H3/t21-,25+/m0/s1. The Morgan fingerprint density at radius 2 is 2.15 bits per heavy atom. The summed E-state index contributed by atoms with van der Waals surface area (Å²) in [5.41, 5.74) is 1.87. The van der Waals surface area contributed by atoms with E-state index in [4.69, 9.17) is 4.42 Å². The molecule has 172 valence electrons. The molecular weight excluding hydrogens is 418 g/mol. The lowest BCUT2D eigenvalue weighted by molar-refractivity contribution is -0.147. The van der Waals surface area contributed by atoms with Crippen molar-refractivity contribution in [3.63, 3.8) is 0 Å². The number of carbonyl (C=O) groups excluding carboxylic acids is 2. The van der Waals surface area contributed by atoms with Gasteiger partial charge in [0.05, 0.1) is 17.2 Å². The van der Waals surface area contributed by atoms with Crippen LogP contribution in [0.4, 0.5) is 0 Å². The summed E-state index contributed by atoms with van der Waals surface area (Å²) in [6.07, 6.45) is 9.96. The Labute approximate surface area is 193 Å². The molecule has 5 heterocycles. The van der Waals surface area contributed by atoms with Crippen LogP contribution in [0.1, 0.15) is 60.3 Å². The molecule has 0 radical (unpaired) electrons. The highest BCUT2D eigenvalue weighted by atomic mass is 16.3. The van der Waals surface area contributed by atoms with Crippen LogP contribution >= 0.6 is 0 Å². The van der Waals surface area contributed by atoms with Crippen molar-refractivity contribution in [1.82, 2.24) is 24.6 Å². The first kappa shape index (κ1) is 21.4. The van der Waals surface area contributed by atoms with Crippen LogP contribution in [-0.4, -0.2) is 56.0 Å². The molecule has 8 nitrogen and oxygen atoms in total. The van der Waals surface area contributed by atoms with Crippen molar-refractivity contribution in [2.24, 2.45) is 5.41 Å². The number of furan rings is 1. The molecule has 2 saturated heterocycles. The first-order chi connectivity index (χ1) is 16.0. The first-order valence-electron chi connectivity index (χ1n) is 11.5. The minimum atomic E-state index is -0.674. The number of rotatable bonds is 5. The number of hydrogen-bond acceptors (Lipinski definition) is 5. The van der Waals surface area contributed by atoms with Crippen molar-refractivity contribution in [1.29, 1.82) is 0 Å². The van der Waals surface area contributed by atoms with Gasteiger partial charge in [-0.2, -0.15) is 5.10 Å². The topological polar surface area (TPSA) is 84.5 Å². The maximum Gasteiger partial charge on any atom is 0.257 e. The normalized spacial score (nSPS) is 23.1. The minimum absolute atomic E-state index is 0.0987. The van der Waals surface area contributed by atoms with Crippen molar-refractivity contribution in [3.05, 3.63) is 72.2 Å². The van der Waals surface area contributed by atoms with Gasteiger partial charge in [0.15, 0.2) is 0 Å². The van der Waals surface area contributed by atoms with Gasteiger partial charge in [-0.1, -0.05) is 6.07 Å². The SMILES string of the molecule is CC(C)n1nccc1[C@@H]1CN(C(=O)c2ccoc2)C[C@]12CCCN(Cc1cccnc1)C2=O. The van der Waals surface area contributed by atoms with Crippen molar-refractivity contribution in [2.45, 2.75) is 45.2 Å². The fourth-order valence-corrected chi connectivity index (χ4v) is 5.48. The van der Waals surface area contributed by atoms with Gasteiger partial charge in [0.1, 0.15) is 6.26 Å². The van der Waals surface area contributed by atoms with E-state index in [-0.39, 0.29) is 23.8 Å². The lowest BCUT2D eigenvalue weighted by Crippen LogP contribution is -2.52. The van der Waals surface area contributed by atoms with E-state index >= 15 is 0 Å². The quantitative estimate of drug-likeness (QED) is 0.598. The molecule has 2 aliphatic heterocycles. The highest BCUT2D eigenvalue weighted by molar-refractivity contribution is 5.95.